The van der Waals surface area contributed by atoms with Crippen molar-refractivity contribution in [1.29, 1.82) is 0 Å². The van der Waals surface area contributed by atoms with E-state index in [0.29, 0.717) is 0 Å². The van der Waals surface area contributed by atoms with Gasteiger partial charge in [-0.05, 0) is 55.9 Å². The van der Waals surface area contributed by atoms with Gasteiger partial charge in [-0.15, -0.1) is 0 Å². The standard InChI is InChI=1S/C13H25NS/c14-13(7-2-1-3-8-13)9-6-12-5-4-10-15-11-12/h12H,1-11,14H2. The Hall–Kier alpha value is 0.310. The maximum absolute atomic E-state index is 6.47. The minimum absolute atomic E-state index is 0.223. The Bertz CT molecular complexity index is 181. The summed E-state index contributed by atoms with van der Waals surface area (Å²) in [6.07, 6.45) is 12.3. The van der Waals surface area contributed by atoms with Crippen molar-refractivity contribution in [1.82, 2.24) is 0 Å². The smallest absolute Gasteiger partial charge is 0.0154 e. The van der Waals surface area contributed by atoms with Crippen LogP contribution in [0.4, 0.5) is 0 Å². The van der Waals surface area contributed by atoms with Crippen molar-refractivity contribution in [3.8, 4) is 0 Å². The molecule has 2 N–H and O–H groups in total. The quantitative estimate of drug-likeness (QED) is 0.797. The maximum atomic E-state index is 6.47. The lowest BCUT2D eigenvalue weighted by atomic mass is 9.78. The molecule has 1 aliphatic heterocycles. The molecule has 1 saturated carbocycles. The van der Waals surface area contributed by atoms with Crippen LogP contribution < -0.4 is 5.73 Å². The van der Waals surface area contributed by atoms with E-state index in [-0.39, 0.29) is 5.54 Å². The van der Waals surface area contributed by atoms with E-state index in [2.05, 4.69) is 11.8 Å². The predicted molar refractivity (Wildman–Crippen MR) is 69.3 cm³/mol. The zero-order valence-corrected chi connectivity index (χ0v) is 10.7. The number of thioether (sulfide) groups is 1. The zero-order valence-electron chi connectivity index (χ0n) is 9.84. The van der Waals surface area contributed by atoms with Crippen molar-refractivity contribution in [3.05, 3.63) is 0 Å². The van der Waals surface area contributed by atoms with Gasteiger partial charge in [0.15, 0.2) is 0 Å². The Labute approximate surface area is 98.6 Å². The average molecular weight is 227 g/mol. The third-order valence-electron chi connectivity index (χ3n) is 4.15. The van der Waals surface area contributed by atoms with E-state index in [9.17, 15) is 0 Å². The van der Waals surface area contributed by atoms with Crippen LogP contribution in [0.25, 0.3) is 0 Å². The molecule has 0 bridgehead atoms. The molecule has 2 fully saturated rings. The summed E-state index contributed by atoms with van der Waals surface area (Å²) in [7, 11) is 0. The number of hydrogen-bond donors (Lipinski definition) is 1. The summed E-state index contributed by atoms with van der Waals surface area (Å²) in [4.78, 5) is 0. The highest BCUT2D eigenvalue weighted by Crippen LogP contribution is 2.33. The van der Waals surface area contributed by atoms with Crippen LogP contribution >= 0.6 is 11.8 Å². The molecule has 88 valence electrons. The summed E-state index contributed by atoms with van der Waals surface area (Å²) in [5.74, 6) is 3.77. The molecule has 0 radical (unpaired) electrons. The van der Waals surface area contributed by atoms with Crippen molar-refractivity contribution in [2.45, 2.75) is 63.3 Å². The second-order valence-electron chi connectivity index (χ2n) is 5.54. The Morgan fingerprint density at radius 1 is 1.13 bits per heavy atom. The van der Waals surface area contributed by atoms with E-state index in [0.717, 1.165) is 5.92 Å². The lowest BCUT2D eigenvalue weighted by molar-refractivity contribution is 0.256. The fourth-order valence-electron chi connectivity index (χ4n) is 3.03. The van der Waals surface area contributed by atoms with Gasteiger partial charge in [0.2, 0.25) is 0 Å². The molecule has 2 aliphatic rings. The fourth-order valence-corrected chi connectivity index (χ4v) is 4.24. The first kappa shape index (κ1) is 11.8. The zero-order chi connectivity index (χ0) is 10.6. The van der Waals surface area contributed by atoms with Gasteiger partial charge in [-0.2, -0.15) is 11.8 Å². The lowest BCUT2D eigenvalue weighted by Gasteiger charge is -2.35. The topological polar surface area (TPSA) is 26.0 Å². The molecule has 1 saturated heterocycles. The van der Waals surface area contributed by atoms with E-state index in [1.165, 1.54) is 69.3 Å². The minimum atomic E-state index is 0.223. The Morgan fingerprint density at radius 2 is 1.93 bits per heavy atom. The summed E-state index contributed by atoms with van der Waals surface area (Å²) >= 11 is 2.15. The SMILES string of the molecule is NC1(CCC2CCCSC2)CCCCC1. The Kier molecular flexibility index (Phi) is 4.39. The summed E-state index contributed by atoms with van der Waals surface area (Å²) in [6, 6.07) is 0. The normalized spacial score (nSPS) is 31.4. The molecule has 1 aliphatic carbocycles. The number of rotatable bonds is 3. The maximum Gasteiger partial charge on any atom is 0.0154 e. The summed E-state index contributed by atoms with van der Waals surface area (Å²) in [6.45, 7) is 0. The predicted octanol–water partition coefficient (Wildman–Crippen LogP) is 3.57. The molecular formula is C13H25NS. The van der Waals surface area contributed by atoms with Crippen LogP contribution in [0.15, 0.2) is 0 Å². The second-order valence-corrected chi connectivity index (χ2v) is 6.69. The molecule has 1 heterocycles. The molecule has 2 rings (SSSR count). The first-order chi connectivity index (χ1) is 7.29. The molecule has 15 heavy (non-hydrogen) atoms. The van der Waals surface area contributed by atoms with E-state index in [1.807, 2.05) is 0 Å². The molecule has 1 atom stereocenters. The highest BCUT2D eigenvalue weighted by molar-refractivity contribution is 7.99. The summed E-state index contributed by atoms with van der Waals surface area (Å²) in [5.41, 5.74) is 6.69. The fraction of sp³-hybridized carbons (Fsp3) is 1.00. The Morgan fingerprint density at radius 3 is 2.60 bits per heavy atom. The van der Waals surface area contributed by atoms with E-state index >= 15 is 0 Å². The van der Waals surface area contributed by atoms with Crippen molar-refractivity contribution < 1.29 is 0 Å². The first-order valence-electron chi connectivity index (χ1n) is 6.65. The molecule has 1 nitrogen and oxygen atoms in total. The summed E-state index contributed by atoms with van der Waals surface area (Å²) < 4.78 is 0. The molecule has 0 aromatic carbocycles. The van der Waals surface area contributed by atoms with Gasteiger partial charge in [-0.25, -0.2) is 0 Å². The van der Waals surface area contributed by atoms with Gasteiger partial charge in [-0.3, -0.25) is 0 Å². The van der Waals surface area contributed by atoms with Crippen molar-refractivity contribution >= 4 is 11.8 Å². The highest BCUT2D eigenvalue weighted by Gasteiger charge is 2.28. The van der Waals surface area contributed by atoms with Gasteiger partial charge in [0, 0.05) is 5.54 Å². The van der Waals surface area contributed by atoms with Crippen molar-refractivity contribution in [2.24, 2.45) is 11.7 Å². The van der Waals surface area contributed by atoms with Crippen LogP contribution in [-0.2, 0) is 0 Å². The van der Waals surface area contributed by atoms with E-state index in [4.69, 9.17) is 5.73 Å². The number of hydrogen-bond acceptors (Lipinski definition) is 2. The third kappa shape index (κ3) is 3.67. The molecule has 0 spiro atoms. The van der Waals surface area contributed by atoms with Gasteiger partial charge in [-0.1, -0.05) is 19.3 Å². The van der Waals surface area contributed by atoms with Crippen LogP contribution in [0.5, 0.6) is 0 Å². The van der Waals surface area contributed by atoms with Gasteiger partial charge in [0.05, 0.1) is 0 Å². The first-order valence-corrected chi connectivity index (χ1v) is 7.81. The van der Waals surface area contributed by atoms with Crippen LogP contribution in [0, 0.1) is 5.92 Å². The minimum Gasteiger partial charge on any atom is -0.325 e. The van der Waals surface area contributed by atoms with Crippen LogP contribution in [0.3, 0.4) is 0 Å². The van der Waals surface area contributed by atoms with Crippen LogP contribution in [0.1, 0.15) is 57.8 Å². The second kappa shape index (κ2) is 5.58. The molecule has 0 aromatic rings. The number of nitrogens with two attached hydrogens (primary N) is 1. The monoisotopic (exact) mass is 227 g/mol. The molecule has 1 unspecified atom stereocenters. The third-order valence-corrected chi connectivity index (χ3v) is 5.44. The van der Waals surface area contributed by atoms with E-state index in [1.54, 1.807) is 0 Å². The van der Waals surface area contributed by atoms with Gasteiger partial charge in [0.1, 0.15) is 0 Å². The van der Waals surface area contributed by atoms with E-state index < -0.39 is 0 Å². The highest BCUT2D eigenvalue weighted by atomic mass is 32.2. The van der Waals surface area contributed by atoms with Crippen LogP contribution in [-0.4, -0.2) is 17.0 Å². The van der Waals surface area contributed by atoms with Crippen LogP contribution in [0.2, 0.25) is 0 Å². The summed E-state index contributed by atoms with van der Waals surface area (Å²) in [5, 5.41) is 0. The van der Waals surface area contributed by atoms with Crippen molar-refractivity contribution in [2.75, 3.05) is 11.5 Å². The van der Waals surface area contributed by atoms with Crippen molar-refractivity contribution in [3.63, 3.8) is 0 Å². The largest absolute Gasteiger partial charge is 0.325 e. The molecule has 2 heteroatoms. The lowest BCUT2D eigenvalue weighted by Crippen LogP contribution is -2.42. The van der Waals surface area contributed by atoms with Gasteiger partial charge >= 0.3 is 0 Å². The molecular weight excluding hydrogens is 202 g/mol. The average Bonchev–Trinajstić information content (AvgIpc) is 2.29. The molecule has 0 aromatic heterocycles. The molecule has 0 amide bonds. The van der Waals surface area contributed by atoms with Gasteiger partial charge in [0.25, 0.3) is 0 Å². The Balaban J connectivity index is 1.70. The van der Waals surface area contributed by atoms with Gasteiger partial charge < -0.3 is 5.73 Å².